The topological polar surface area (TPSA) is 171 Å². The molecule has 104 heavy (non-hydrogen) atoms. The van der Waals surface area contributed by atoms with Gasteiger partial charge in [-0.1, -0.05) is 62.9 Å². The molecule has 0 aliphatic carbocycles. The van der Waals surface area contributed by atoms with Crippen LogP contribution in [0.25, 0.3) is 99.1 Å². The molecule has 0 unspecified atom stereocenters. The first-order valence-corrected chi connectivity index (χ1v) is 36.3. The standard InChI is InChI=1S/C25H23F2N3O.C24H22F2N4O.2C17H23N3O/c1-16(30-11-8-25(26,27)9-12-30)17-3-6-21-22(15-29(2)23(21)14-17)18-4-5-20-19(13-18)7-10-28-24(20)31;1-15(30-9-7-24(25,26)8-10-30)16-3-6-20-21(14-29(2)22(20)12-16)17-4-5-19-18(11-17)13-27-28-23(19)31;1-17(2,3)20-12-18-14-11-13(7-8-15(14)20)16(21)19-9-5-4-6-10-19;1-2-3-9-20-13-18-15-12-14(7-8-16(15)20)17(21)19-10-5-4-6-11-19/h3-7,10,13-15H,1,8-9,11-12H2,2H3,(H,28,31);3-6,11-14H,1,7-10H2,2H3,(H,28,31);7-8,11-12H,4-6,9-10H2,1-3H3;7-8,12-13H,2-6,9-11H2,1H3. The van der Waals surface area contributed by atoms with E-state index in [0.717, 1.165) is 175 Å². The SMILES string of the molecule is C=C(c1ccc2c(-c3ccc4c(=O)[nH]ccc4c3)cn(C)c2c1)N1CCC(F)(F)CC1.C=C(c1ccc2c(-c3ccc4c(=O)[nH]ncc4c3)cn(C)c2c1)N1CCC(F)(F)CC1.CC(C)(C)n1cnc2cc(C(=O)N3CCCCC3)ccc21.CCCCn1cnc2cc(C(=O)N3CCCCC3)ccc21. The summed E-state index contributed by atoms with van der Waals surface area (Å²) in [5, 5.41) is 11.5. The van der Waals surface area contributed by atoms with Crippen LogP contribution in [-0.4, -0.2) is 139 Å². The van der Waals surface area contributed by atoms with E-state index in [9.17, 15) is 36.7 Å². The summed E-state index contributed by atoms with van der Waals surface area (Å²) in [4.78, 5) is 68.4. The molecule has 4 saturated heterocycles. The number of carbonyl (C=O) groups is 2. The number of alkyl halides is 4. The number of H-pyrrole nitrogens is 2. The van der Waals surface area contributed by atoms with Gasteiger partial charge >= 0.3 is 0 Å². The van der Waals surface area contributed by atoms with Gasteiger partial charge in [0, 0.05) is 189 Å². The molecule has 0 spiro atoms. The number of fused-ring (bicyclic) bond motifs is 6. The molecule has 17 nitrogen and oxygen atoms in total. The highest BCUT2D eigenvalue weighted by Crippen LogP contribution is 2.39. The number of nitrogens with zero attached hydrogens (tertiary/aromatic N) is 11. The second-order valence-electron chi connectivity index (χ2n) is 29.2. The minimum Gasteiger partial charge on any atom is -0.371 e. The van der Waals surface area contributed by atoms with E-state index in [4.69, 9.17) is 0 Å². The Morgan fingerprint density at radius 1 is 0.510 bits per heavy atom. The van der Waals surface area contributed by atoms with Crippen LogP contribution in [0.3, 0.4) is 0 Å². The third-order valence-electron chi connectivity index (χ3n) is 20.9. The zero-order valence-electron chi connectivity index (χ0n) is 60.3. The summed E-state index contributed by atoms with van der Waals surface area (Å²) in [5.41, 5.74) is 14.9. The third kappa shape index (κ3) is 15.5. The Balaban J connectivity index is 0.000000125. The number of hydrogen-bond donors (Lipinski definition) is 2. The number of likely N-dealkylation sites (tertiary alicyclic amines) is 4. The van der Waals surface area contributed by atoms with Crippen molar-refractivity contribution in [1.29, 1.82) is 0 Å². The molecular formula is C83H91F4N13O4. The van der Waals surface area contributed by atoms with Crippen LogP contribution in [0.4, 0.5) is 17.6 Å². The third-order valence-corrected chi connectivity index (χ3v) is 20.9. The zero-order chi connectivity index (χ0) is 73.2. The molecule has 6 aromatic carbocycles. The molecule has 0 atom stereocenters. The van der Waals surface area contributed by atoms with E-state index in [0.29, 0.717) is 37.0 Å². The number of halogens is 4. The smallest absolute Gasteiger partial charge is 0.272 e. The van der Waals surface area contributed by atoms with Crippen LogP contribution >= 0.6 is 0 Å². The van der Waals surface area contributed by atoms with Gasteiger partial charge in [0.05, 0.1) is 46.3 Å². The van der Waals surface area contributed by atoms with Gasteiger partial charge in [0.1, 0.15) is 0 Å². The van der Waals surface area contributed by atoms with Crippen LogP contribution in [0.2, 0.25) is 0 Å². The number of pyridine rings is 1. The van der Waals surface area contributed by atoms with Crippen molar-refractivity contribution >= 4 is 88.6 Å². The first-order chi connectivity index (χ1) is 49.9. The first kappa shape index (κ1) is 71.8. The summed E-state index contributed by atoms with van der Waals surface area (Å²) in [7, 11) is 3.97. The van der Waals surface area contributed by atoms with Crippen molar-refractivity contribution in [1.82, 2.24) is 63.0 Å². The van der Waals surface area contributed by atoms with Gasteiger partial charge in [-0.2, -0.15) is 5.10 Å². The van der Waals surface area contributed by atoms with Gasteiger partial charge in [0.25, 0.3) is 34.8 Å². The lowest BCUT2D eigenvalue weighted by molar-refractivity contribution is -0.0456. The van der Waals surface area contributed by atoms with E-state index in [1.54, 1.807) is 12.4 Å². The minimum atomic E-state index is -2.58. The number of rotatable bonds is 11. The van der Waals surface area contributed by atoms with Gasteiger partial charge in [-0.15, -0.1) is 0 Å². The second-order valence-corrected chi connectivity index (χ2v) is 29.2. The van der Waals surface area contributed by atoms with E-state index in [1.807, 2.05) is 148 Å². The highest BCUT2D eigenvalue weighted by atomic mass is 19.3. The van der Waals surface area contributed by atoms with Gasteiger partial charge in [0.15, 0.2) is 0 Å². The lowest BCUT2D eigenvalue weighted by Crippen LogP contribution is -2.38. The fraction of sp³-hybridized carbons (Fsp3) is 0.361. The summed E-state index contributed by atoms with van der Waals surface area (Å²) < 4.78 is 62.5. The number of aromatic nitrogens is 9. The van der Waals surface area contributed by atoms with Crippen molar-refractivity contribution in [3.8, 4) is 22.3 Å². The van der Waals surface area contributed by atoms with Crippen LogP contribution in [-0.2, 0) is 26.2 Å². The van der Waals surface area contributed by atoms with Crippen molar-refractivity contribution in [3.63, 3.8) is 0 Å². The molecule has 6 aromatic heterocycles. The maximum atomic E-state index is 13.5. The number of aromatic amines is 2. The number of unbranched alkanes of at least 4 members (excludes halogenated alkanes) is 1. The number of amides is 2. The number of piperidine rings is 4. The number of carbonyl (C=O) groups excluding carboxylic acids is 2. The summed E-state index contributed by atoms with van der Waals surface area (Å²) >= 11 is 0. The van der Waals surface area contributed by atoms with Crippen LogP contribution in [0.15, 0.2) is 175 Å². The summed E-state index contributed by atoms with van der Waals surface area (Å²) in [5.74, 6) is -4.85. The van der Waals surface area contributed by atoms with E-state index in [1.165, 1.54) is 19.3 Å². The average molecular weight is 1410 g/mol. The zero-order valence-corrected chi connectivity index (χ0v) is 60.3. The molecule has 12 aromatic rings. The fourth-order valence-corrected chi connectivity index (χ4v) is 14.7. The Morgan fingerprint density at radius 2 is 0.971 bits per heavy atom. The van der Waals surface area contributed by atoms with Gasteiger partial charge in [-0.05, 0) is 172 Å². The molecule has 2 amide bonds. The van der Waals surface area contributed by atoms with Gasteiger partial charge < -0.3 is 42.9 Å². The Bertz CT molecular complexity index is 5090. The summed E-state index contributed by atoms with van der Waals surface area (Å²) in [6, 6.07) is 37.5. The van der Waals surface area contributed by atoms with E-state index >= 15 is 0 Å². The number of aryl methyl sites for hydroxylation is 3. The van der Waals surface area contributed by atoms with Crippen molar-refractivity contribution in [2.45, 2.75) is 129 Å². The lowest BCUT2D eigenvalue weighted by Gasteiger charge is -2.34. The predicted molar refractivity (Wildman–Crippen MR) is 409 cm³/mol. The van der Waals surface area contributed by atoms with Crippen molar-refractivity contribution in [3.05, 3.63) is 209 Å². The lowest BCUT2D eigenvalue weighted by atomic mass is 10.00. The van der Waals surface area contributed by atoms with E-state index < -0.39 is 11.8 Å². The summed E-state index contributed by atoms with van der Waals surface area (Å²) in [6.07, 6.45) is 19.9. The maximum Gasteiger partial charge on any atom is 0.272 e. The quantitative estimate of drug-likeness (QED) is 0.120. The largest absolute Gasteiger partial charge is 0.371 e. The Kier molecular flexibility index (Phi) is 20.7. The van der Waals surface area contributed by atoms with Crippen molar-refractivity contribution in [2.75, 3.05) is 52.4 Å². The molecule has 0 radical (unpaired) electrons. The number of hydrogen-bond acceptors (Lipinski definition) is 9. The van der Waals surface area contributed by atoms with Crippen molar-refractivity contribution in [2.24, 2.45) is 14.1 Å². The molecule has 540 valence electrons. The highest BCUT2D eigenvalue weighted by Gasteiger charge is 2.36. The number of nitrogens with one attached hydrogen (secondary N) is 2. The molecule has 0 saturated carbocycles. The van der Waals surface area contributed by atoms with Crippen LogP contribution in [0, 0.1) is 0 Å². The Labute approximate surface area is 602 Å². The van der Waals surface area contributed by atoms with Gasteiger partial charge in [-0.3, -0.25) is 19.2 Å². The molecule has 2 N–H and O–H groups in total. The highest BCUT2D eigenvalue weighted by molar-refractivity contribution is 6.02. The van der Waals surface area contributed by atoms with Crippen molar-refractivity contribution < 1.29 is 27.2 Å². The second kappa shape index (κ2) is 30.0. The van der Waals surface area contributed by atoms with Crippen LogP contribution < -0.4 is 11.1 Å². The molecule has 4 aliphatic heterocycles. The fourth-order valence-electron chi connectivity index (χ4n) is 14.7. The Hall–Kier alpha value is -10.6. The van der Waals surface area contributed by atoms with Gasteiger partial charge in [-0.25, -0.2) is 32.6 Å². The predicted octanol–water partition coefficient (Wildman–Crippen LogP) is 17.1. The Morgan fingerprint density at radius 3 is 1.48 bits per heavy atom. The van der Waals surface area contributed by atoms with E-state index in [2.05, 4.69) is 110 Å². The van der Waals surface area contributed by atoms with Crippen LogP contribution in [0.1, 0.15) is 137 Å². The first-order valence-electron chi connectivity index (χ1n) is 36.3. The monoisotopic (exact) mass is 1410 g/mol. The van der Waals surface area contributed by atoms with E-state index in [-0.39, 0.29) is 54.2 Å². The number of imidazole rings is 2. The molecule has 4 aliphatic rings. The molecule has 10 heterocycles. The average Bonchev–Trinajstić information content (AvgIpc) is 1.61. The van der Waals surface area contributed by atoms with Crippen LogP contribution in [0.5, 0.6) is 0 Å². The minimum absolute atomic E-state index is 0.00680. The number of benzene rings is 6. The molecular weight excluding hydrogens is 1320 g/mol. The maximum absolute atomic E-state index is 13.5. The molecule has 21 heteroatoms. The summed E-state index contributed by atoms with van der Waals surface area (Å²) in [6.45, 7) is 22.8. The molecule has 16 rings (SSSR count). The molecule has 0 bridgehead atoms. The molecule has 4 fully saturated rings. The normalized spacial score (nSPS) is 16.1. The van der Waals surface area contributed by atoms with Gasteiger partial charge in [0.2, 0.25) is 0 Å².